The number of sulfonamides is 1. The lowest BCUT2D eigenvalue weighted by molar-refractivity contribution is -0.137. The van der Waals surface area contributed by atoms with Gasteiger partial charge in [-0.15, -0.1) is 0 Å². The first-order valence-electron chi connectivity index (χ1n) is 11.8. The Morgan fingerprint density at radius 2 is 1.90 bits per heavy atom. The van der Waals surface area contributed by atoms with Crippen LogP contribution in [0.1, 0.15) is 23.9 Å². The van der Waals surface area contributed by atoms with E-state index >= 15 is 0 Å². The van der Waals surface area contributed by atoms with Crippen LogP contribution < -0.4 is 10.3 Å². The van der Waals surface area contributed by atoms with E-state index in [1.54, 1.807) is 43.1 Å². The number of halogens is 4. The molecule has 2 aromatic carbocycles. The van der Waals surface area contributed by atoms with Crippen molar-refractivity contribution < 1.29 is 21.6 Å². The minimum atomic E-state index is -4.58. The van der Waals surface area contributed by atoms with Crippen LogP contribution in [0, 0.1) is 6.92 Å². The van der Waals surface area contributed by atoms with Gasteiger partial charge in [-0.05, 0) is 55.3 Å². The Morgan fingerprint density at radius 3 is 2.56 bits per heavy atom. The van der Waals surface area contributed by atoms with Crippen molar-refractivity contribution in [3.8, 4) is 11.1 Å². The molecule has 5 aromatic rings. The van der Waals surface area contributed by atoms with Crippen LogP contribution in [0.15, 0.2) is 53.6 Å². The molecule has 13 heteroatoms. The Hall–Kier alpha value is -3.77. The number of benzene rings is 2. The highest BCUT2D eigenvalue weighted by Crippen LogP contribution is 2.37. The van der Waals surface area contributed by atoms with Crippen LogP contribution in [0.3, 0.4) is 0 Å². The first-order valence-corrected chi connectivity index (χ1v) is 13.9. The van der Waals surface area contributed by atoms with E-state index in [0.29, 0.717) is 44.5 Å². The second-order valence-corrected chi connectivity index (χ2v) is 11.6. The number of aryl methyl sites for hydroxylation is 2. The third-order valence-electron chi connectivity index (χ3n) is 6.58. The lowest BCUT2D eigenvalue weighted by atomic mass is 10.0. The van der Waals surface area contributed by atoms with Crippen LogP contribution in [0.25, 0.3) is 33.1 Å². The zero-order chi connectivity index (χ0) is 28.3. The number of nitrogens with one attached hydrogen (secondary N) is 2. The number of hydrogen-bond acceptors (Lipinski definition) is 4. The van der Waals surface area contributed by atoms with Crippen molar-refractivity contribution in [1.29, 1.82) is 0 Å². The Balaban J connectivity index is 1.73. The summed E-state index contributed by atoms with van der Waals surface area (Å²) in [6.45, 7) is 3.37. The molecule has 0 saturated carbocycles. The molecule has 8 nitrogen and oxygen atoms in total. The number of nitrogens with zero attached hydrogens (tertiary/aromatic N) is 3. The number of anilines is 1. The van der Waals surface area contributed by atoms with Gasteiger partial charge in [-0.1, -0.05) is 17.7 Å². The van der Waals surface area contributed by atoms with Gasteiger partial charge in [-0.2, -0.15) is 13.2 Å². The summed E-state index contributed by atoms with van der Waals surface area (Å²) in [6, 6.07) is 8.78. The average molecular weight is 578 g/mol. The molecule has 0 atom stereocenters. The number of hydrogen-bond donors (Lipinski definition) is 2. The molecule has 0 aliphatic carbocycles. The number of imidazole rings is 1. The normalized spacial score (nSPS) is 12.5. The maximum atomic E-state index is 13.2. The maximum Gasteiger partial charge on any atom is 0.417 e. The first-order chi connectivity index (χ1) is 18.3. The minimum absolute atomic E-state index is 0.135. The summed E-state index contributed by atoms with van der Waals surface area (Å²) in [5.74, 6) is 0.354. The summed E-state index contributed by atoms with van der Waals surface area (Å²) in [5, 5.41) is 0.235. The Morgan fingerprint density at radius 1 is 1.15 bits per heavy atom. The molecule has 0 amide bonds. The zero-order valence-electron chi connectivity index (χ0n) is 21.0. The highest BCUT2D eigenvalue weighted by Gasteiger charge is 2.33. The molecule has 2 N–H and O–H groups in total. The highest BCUT2D eigenvalue weighted by atomic mass is 35.5. The van der Waals surface area contributed by atoms with Crippen LogP contribution in [0.5, 0.6) is 0 Å². The average Bonchev–Trinajstić information content (AvgIpc) is 3.46. The standard InChI is InChI=1S/C26H23ClF3N5O3S/c1-4-39(37,38)33-21-10-16(18-13-34(3)25(36)23-17(18)7-8-31-23)11-22-24(21)32-14(2)35(22)12-15-5-6-19(20(27)9-15)26(28,29)30/h5-11,13,31,33H,4,12H2,1-3H3. The van der Waals surface area contributed by atoms with Crippen molar-refractivity contribution in [2.75, 3.05) is 10.5 Å². The first kappa shape index (κ1) is 26.8. The van der Waals surface area contributed by atoms with Crippen molar-refractivity contribution in [2.24, 2.45) is 7.05 Å². The van der Waals surface area contributed by atoms with Gasteiger partial charge in [0, 0.05) is 36.9 Å². The molecule has 204 valence electrons. The molecule has 3 aromatic heterocycles. The molecule has 0 saturated heterocycles. The van der Waals surface area contributed by atoms with Gasteiger partial charge in [0.15, 0.2) is 0 Å². The molecule has 0 spiro atoms. The number of pyridine rings is 1. The van der Waals surface area contributed by atoms with E-state index in [4.69, 9.17) is 11.6 Å². The van der Waals surface area contributed by atoms with Crippen molar-refractivity contribution in [3.05, 3.63) is 81.1 Å². The van der Waals surface area contributed by atoms with E-state index in [1.807, 2.05) is 6.07 Å². The van der Waals surface area contributed by atoms with Crippen LogP contribution in [-0.4, -0.2) is 33.3 Å². The summed E-state index contributed by atoms with van der Waals surface area (Å²) in [5.41, 5.74) is 2.22. The number of aromatic amines is 1. The fourth-order valence-corrected chi connectivity index (χ4v) is 5.53. The fraction of sp³-hybridized carbons (Fsp3) is 0.231. The second kappa shape index (κ2) is 9.45. The Labute approximate surface area is 226 Å². The molecular formula is C26H23ClF3N5O3S. The van der Waals surface area contributed by atoms with E-state index in [1.165, 1.54) is 23.6 Å². The SMILES string of the molecule is CCS(=O)(=O)Nc1cc(-c2cn(C)c(=O)c3[nH]ccc23)cc2c1nc(C)n2Cc1ccc(C(F)(F)F)c(Cl)c1. The quantitative estimate of drug-likeness (QED) is 0.271. The van der Waals surface area contributed by atoms with Crippen molar-refractivity contribution >= 4 is 49.2 Å². The van der Waals surface area contributed by atoms with Crippen molar-refractivity contribution in [2.45, 2.75) is 26.6 Å². The molecule has 39 heavy (non-hydrogen) atoms. The topological polar surface area (TPSA) is 102 Å². The van der Waals surface area contributed by atoms with E-state index < -0.39 is 26.8 Å². The molecule has 0 radical (unpaired) electrons. The Kier molecular flexibility index (Phi) is 6.50. The molecule has 3 heterocycles. The maximum absolute atomic E-state index is 13.2. The molecule has 0 bridgehead atoms. The molecular weight excluding hydrogens is 555 g/mol. The molecule has 0 aliphatic rings. The highest BCUT2D eigenvalue weighted by molar-refractivity contribution is 7.92. The fourth-order valence-electron chi connectivity index (χ4n) is 4.58. The van der Waals surface area contributed by atoms with E-state index in [0.717, 1.165) is 6.07 Å². The second-order valence-electron chi connectivity index (χ2n) is 9.18. The zero-order valence-corrected chi connectivity index (χ0v) is 22.6. The molecule has 5 rings (SSSR count). The van der Waals surface area contributed by atoms with Gasteiger partial charge in [-0.25, -0.2) is 13.4 Å². The van der Waals surface area contributed by atoms with Gasteiger partial charge in [0.2, 0.25) is 10.0 Å². The van der Waals surface area contributed by atoms with E-state index in [9.17, 15) is 26.4 Å². The number of H-pyrrole nitrogens is 1. The summed E-state index contributed by atoms with van der Waals surface area (Å²) >= 11 is 5.95. The third-order valence-corrected chi connectivity index (χ3v) is 8.18. The predicted molar refractivity (Wildman–Crippen MR) is 146 cm³/mol. The van der Waals surface area contributed by atoms with Gasteiger partial charge in [-0.3, -0.25) is 9.52 Å². The Bertz CT molecular complexity index is 1920. The van der Waals surface area contributed by atoms with Crippen LogP contribution in [0.4, 0.5) is 18.9 Å². The summed E-state index contributed by atoms with van der Waals surface area (Å²) in [6.07, 6.45) is -1.26. The van der Waals surface area contributed by atoms with Gasteiger partial charge in [0.25, 0.3) is 5.56 Å². The van der Waals surface area contributed by atoms with E-state index in [-0.39, 0.29) is 23.5 Å². The summed E-state index contributed by atoms with van der Waals surface area (Å²) in [7, 11) is -2.06. The van der Waals surface area contributed by atoms with Gasteiger partial charge in [0.05, 0.1) is 27.5 Å². The summed E-state index contributed by atoms with van der Waals surface area (Å²) in [4.78, 5) is 20.1. The van der Waals surface area contributed by atoms with Gasteiger partial charge < -0.3 is 14.1 Å². The predicted octanol–water partition coefficient (Wildman–Crippen LogP) is 5.67. The third kappa shape index (κ3) is 4.89. The lowest BCUT2D eigenvalue weighted by Gasteiger charge is -2.14. The monoisotopic (exact) mass is 577 g/mol. The van der Waals surface area contributed by atoms with Gasteiger partial charge >= 0.3 is 6.18 Å². The number of rotatable bonds is 6. The molecule has 0 fully saturated rings. The van der Waals surface area contributed by atoms with Crippen LogP contribution >= 0.6 is 11.6 Å². The molecule has 0 unspecified atom stereocenters. The van der Waals surface area contributed by atoms with Crippen molar-refractivity contribution in [1.82, 2.24) is 19.1 Å². The van der Waals surface area contributed by atoms with Crippen LogP contribution in [0.2, 0.25) is 5.02 Å². The van der Waals surface area contributed by atoms with Crippen molar-refractivity contribution in [3.63, 3.8) is 0 Å². The number of alkyl halides is 3. The van der Waals surface area contributed by atoms with Gasteiger partial charge in [0.1, 0.15) is 16.9 Å². The summed E-state index contributed by atoms with van der Waals surface area (Å²) < 4.78 is 70.5. The van der Waals surface area contributed by atoms with Crippen LogP contribution in [-0.2, 0) is 29.8 Å². The minimum Gasteiger partial charge on any atom is -0.357 e. The number of fused-ring (bicyclic) bond motifs is 2. The number of aromatic nitrogens is 4. The largest absolute Gasteiger partial charge is 0.417 e. The smallest absolute Gasteiger partial charge is 0.357 e. The molecule has 0 aliphatic heterocycles. The lowest BCUT2D eigenvalue weighted by Crippen LogP contribution is -2.17. The van der Waals surface area contributed by atoms with E-state index in [2.05, 4.69) is 14.7 Å².